The summed E-state index contributed by atoms with van der Waals surface area (Å²) < 4.78 is 0. The summed E-state index contributed by atoms with van der Waals surface area (Å²) in [5.41, 5.74) is 1.19. The lowest BCUT2D eigenvalue weighted by Crippen LogP contribution is -1.88. The molecular weight excluding hydrogens is 172 g/mol. The van der Waals surface area contributed by atoms with Crippen molar-refractivity contribution in [3.05, 3.63) is 48.0 Å². The van der Waals surface area contributed by atoms with E-state index >= 15 is 0 Å². The number of hydrogen-bond donors (Lipinski definition) is 1. The van der Waals surface area contributed by atoms with Crippen molar-refractivity contribution in [2.75, 3.05) is 6.61 Å². The number of hydrogen-bond acceptors (Lipinski definition) is 1. The number of aliphatic hydroxyl groups excluding tert-OH is 1. The standard InChI is InChI=1S/C8H10O.C5H10/c9-7-6-8-4-2-1-3-5-8;1-3-5-4-2/h1-5,9H,6-7H2;3,5H,4H2,1-2H3/b;5-3-. The highest BCUT2D eigenvalue weighted by Gasteiger charge is 1.85. The maximum atomic E-state index is 8.52. The van der Waals surface area contributed by atoms with Crippen LogP contribution in [0.4, 0.5) is 0 Å². The van der Waals surface area contributed by atoms with Crippen molar-refractivity contribution in [3.63, 3.8) is 0 Å². The van der Waals surface area contributed by atoms with E-state index in [2.05, 4.69) is 19.1 Å². The number of aliphatic hydroxyl groups is 1. The Morgan fingerprint density at radius 1 is 1.21 bits per heavy atom. The van der Waals surface area contributed by atoms with Crippen LogP contribution in [0.1, 0.15) is 25.8 Å². The molecule has 1 aromatic carbocycles. The molecule has 0 unspecified atom stereocenters. The van der Waals surface area contributed by atoms with Crippen LogP contribution in [0, 0.1) is 0 Å². The zero-order valence-corrected chi connectivity index (χ0v) is 9.11. The van der Waals surface area contributed by atoms with Crippen LogP contribution in [0.2, 0.25) is 0 Å². The molecule has 0 fully saturated rings. The number of rotatable bonds is 3. The van der Waals surface area contributed by atoms with Gasteiger partial charge in [-0.25, -0.2) is 0 Å². The minimum absolute atomic E-state index is 0.240. The highest BCUT2D eigenvalue weighted by molar-refractivity contribution is 5.14. The minimum Gasteiger partial charge on any atom is -0.396 e. The largest absolute Gasteiger partial charge is 0.396 e. The van der Waals surface area contributed by atoms with Crippen molar-refractivity contribution < 1.29 is 5.11 Å². The molecule has 0 atom stereocenters. The van der Waals surface area contributed by atoms with E-state index in [1.54, 1.807) is 0 Å². The predicted octanol–water partition coefficient (Wildman–Crippen LogP) is 3.19. The molecule has 0 aliphatic rings. The van der Waals surface area contributed by atoms with Crippen LogP contribution in [0.5, 0.6) is 0 Å². The van der Waals surface area contributed by atoms with Gasteiger partial charge in [-0.15, -0.1) is 0 Å². The Bertz CT molecular complexity index is 226. The molecule has 0 radical (unpaired) electrons. The minimum atomic E-state index is 0.240. The third kappa shape index (κ3) is 7.56. The van der Waals surface area contributed by atoms with Gasteiger partial charge in [0.1, 0.15) is 0 Å². The van der Waals surface area contributed by atoms with Crippen molar-refractivity contribution in [3.8, 4) is 0 Å². The highest BCUT2D eigenvalue weighted by atomic mass is 16.2. The summed E-state index contributed by atoms with van der Waals surface area (Å²) in [6, 6.07) is 9.95. The van der Waals surface area contributed by atoms with Gasteiger partial charge in [-0.05, 0) is 25.3 Å². The lowest BCUT2D eigenvalue weighted by molar-refractivity contribution is 0.299. The summed E-state index contributed by atoms with van der Waals surface area (Å²) >= 11 is 0. The maximum absolute atomic E-state index is 8.52. The maximum Gasteiger partial charge on any atom is 0.0471 e. The van der Waals surface area contributed by atoms with Crippen LogP contribution < -0.4 is 0 Å². The molecule has 14 heavy (non-hydrogen) atoms. The Hall–Kier alpha value is -1.08. The van der Waals surface area contributed by atoms with E-state index in [9.17, 15) is 0 Å². The third-order valence-corrected chi connectivity index (χ3v) is 1.71. The lowest BCUT2D eigenvalue weighted by atomic mass is 10.2. The summed E-state index contributed by atoms with van der Waals surface area (Å²) in [6.45, 7) is 4.40. The fraction of sp³-hybridized carbons (Fsp3) is 0.385. The molecule has 1 nitrogen and oxygen atoms in total. The van der Waals surface area contributed by atoms with E-state index in [0.717, 1.165) is 12.8 Å². The van der Waals surface area contributed by atoms with Crippen LogP contribution in [0.3, 0.4) is 0 Å². The van der Waals surface area contributed by atoms with Crippen LogP contribution >= 0.6 is 0 Å². The molecule has 0 saturated heterocycles. The molecule has 1 N–H and O–H groups in total. The average Bonchev–Trinajstić information content (AvgIpc) is 2.22. The van der Waals surface area contributed by atoms with Gasteiger partial charge in [0, 0.05) is 6.61 Å². The molecule has 0 aliphatic carbocycles. The van der Waals surface area contributed by atoms with Gasteiger partial charge in [0.15, 0.2) is 0 Å². The zero-order chi connectivity index (χ0) is 10.6. The Labute approximate surface area is 87.1 Å². The SMILES string of the molecule is C/C=C\CC.OCCc1ccccc1. The highest BCUT2D eigenvalue weighted by Crippen LogP contribution is 1.97. The van der Waals surface area contributed by atoms with Gasteiger partial charge in [0.25, 0.3) is 0 Å². The van der Waals surface area contributed by atoms with E-state index < -0.39 is 0 Å². The fourth-order valence-electron chi connectivity index (χ4n) is 1.01. The van der Waals surface area contributed by atoms with Gasteiger partial charge in [-0.1, -0.05) is 49.4 Å². The van der Waals surface area contributed by atoms with E-state index in [-0.39, 0.29) is 6.61 Å². The molecule has 1 heteroatoms. The van der Waals surface area contributed by atoms with E-state index in [1.807, 2.05) is 37.3 Å². The number of allylic oxidation sites excluding steroid dienone is 2. The monoisotopic (exact) mass is 192 g/mol. The van der Waals surface area contributed by atoms with E-state index in [1.165, 1.54) is 5.56 Å². The van der Waals surface area contributed by atoms with E-state index in [0.29, 0.717) is 0 Å². The van der Waals surface area contributed by atoms with Gasteiger partial charge in [0.05, 0.1) is 0 Å². The lowest BCUT2D eigenvalue weighted by Gasteiger charge is -1.93. The van der Waals surface area contributed by atoms with Crippen molar-refractivity contribution in [2.45, 2.75) is 26.7 Å². The summed E-state index contributed by atoms with van der Waals surface area (Å²) in [6.07, 6.45) is 6.11. The van der Waals surface area contributed by atoms with Gasteiger partial charge < -0.3 is 5.11 Å². The van der Waals surface area contributed by atoms with Crippen molar-refractivity contribution in [1.29, 1.82) is 0 Å². The molecule has 0 spiro atoms. The third-order valence-electron chi connectivity index (χ3n) is 1.71. The van der Waals surface area contributed by atoms with Gasteiger partial charge in [-0.3, -0.25) is 0 Å². The number of benzene rings is 1. The molecule has 0 bridgehead atoms. The zero-order valence-electron chi connectivity index (χ0n) is 9.11. The normalized spacial score (nSPS) is 9.64. The molecule has 0 heterocycles. The van der Waals surface area contributed by atoms with Crippen LogP contribution in [0.15, 0.2) is 42.5 Å². The summed E-state index contributed by atoms with van der Waals surface area (Å²) in [7, 11) is 0. The Balaban J connectivity index is 0.000000292. The van der Waals surface area contributed by atoms with Crippen LogP contribution in [0.25, 0.3) is 0 Å². The smallest absolute Gasteiger partial charge is 0.0471 e. The summed E-state index contributed by atoms with van der Waals surface area (Å²) in [5.74, 6) is 0. The predicted molar refractivity (Wildman–Crippen MR) is 62.3 cm³/mol. The first kappa shape index (κ1) is 12.9. The molecule has 78 valence electrons. The first-order chi connectivity index (χ1) is 6.85. The first-order valence-electron chi connectivity index (χ1n) is 5.11. The second kappa shape index (κ2) is 10.0. The first-order valence-corrected chi connectivity index (χ1v) is 5.11. The fourth-order valence-corrected chi connectivity index (χ4v) is 1.01. The van der Waals surface area contributed by atoms with Gasteiger partial charge in [-0.2, -0.15) is 0 Å². The van der Waals surface area contributed by atoms with Gasteiger partial charge in [0.2, 0.25) is 0 Å². The second-order valence-electron chi connectivity index (χ2n) is 2.94. The topological polar surface area (TPSA) is 20.2 Å². The van der Waals surface area contributed by atoms with Crippen molar-refractivity contribution >= 4 is 0 Å². The molecule has 0 aromatic heterocycles. The van der Waals surface area contributed by atoms with Crippen LogP contribution in [-0.4, -0.2) is 11.7 Å². The van der Waals surface area contributed by atoms with Crippen molar-refractivity contribution in [2.24, 2.45) is 0 Å². The quantitative estimate of drug-likeness (QED) is 0.729. The van der Waals surface area contributed by atoms with Crippen LogP contribution in [-0.2, 0) is 6.42 Å². The molecular formula is C13H20O. The molecule has 1 rings (SSSR count). The van der Waals surface area contributed by atoms with Gasteiger partial charge >= 0.3 is 0 Å². The Morgan fingerprint density at radius 3 is 2.21 bits per heavy atom. The molecule has 0 aliphatic heterocycles. The average molecular weight is 192 g/mol. The molecule has 0 saturated carbocycles. The summed E-state index contributed by atoms with van der Waals surface area (Å²) in [4.78, 5) is 0. The Kier molecular flexibility index (Phi) is 9.23. The summed E-state index contributed by atoms with van der Waals surface area (Å²) in [5, 5.41) is 8.52. The van der Waals surface area contributed by atoms with E-state index in [4.69, 9.17) is 5.11 Å². The second-order valence-corrected chi connectivity index (χ2v) is 2.94. The Morgan fingerprint density at radius 2 is 1.86 bits per heavy atom. The van der Waals surface area contributed by atoms with Crippen molar-refractivity contribution in [1.82, 2.24) is 0 Å². The molecule has 0 amide bonds. The molecule has 1 aromatic rings.